The Morgan fingerprint density at radius 1 is 0.815 bits per heavy atom. The van der Waals surface area contributed by atoms with Crippen molar-refractivity contribution in [2.45, 2.75) is 4.90 Å². The normalized spacial score (nSPS) is 16.2. The van der Waals surface area contributed by atoms with E-state index in [1.807, 2.05) is 0 Å². The van der Waals surface area contributed by atoms with Crippen LogP contribution >= 0.6 is 0 Å². The van der Waals surface area contributed by atoms with Gasteiger partial charge in [-0.15, -0.1) is 0 Å². The molecule has 138 valence electrons. The van der Waals surface area contributed by atoms with Gasteiger partial charge in [-0.2, -0.15) is 8.42 Å². The van der Waals surface area contributed by atoms with Crippen molar-refractivity contribution in [3.05, 3.63) is 83.2 Å². The van der Waals surface area contributed by atoms with Gasteiger partial charge in [-0.25, -0.2) is 0 Å². The minimum atomic E-state index is -4.36. The Balaban J connectivity index is 2.24. The van der Waals surface area contributed by atoms with Gasteiger partial charge in [0.05, 0.1) is 4.90 Å². The van der Waals surface area contributed by atoms with E-state index in [9.17, 15) is 28.5 Å². The van der Waals surface area contributed by atoms with E-state index in [2.05, 4.69) is 0 Å². The number of rotatable bonds is 3. The van der Waals surface area contributed by atoms with Crippen molar-refractivity contribution in [1.29, 1.82) is 0 Å². The van der Waals surface area contributed by atoms with Gasteiger partial charge in [0.15, 0.2) is 17.3 Å². The van der Waals surface area contributed by atoms with E-state index in [1.54, 1.807) is 0 Å². The van der Waals surface area contributed by atoms with Gasteiger partial charge in [0, 0.05) is 0 Å². The lowest BCUT2D eigenvalue weighted by molar-refractivity contribution is -0.113. The van der Waals surface area contributed by atoms with Crippen molar-refractivity contribution in [1.82, 2.24) is 0 Å². The van der Waals surface area contributed by atoms with E-state index < -0.39 is 21.7 Å². The highest BCUT2D eigenvalue weighted by atomic mass is 32.2. The van der Waals surface area contributed by atoms with Crippen molar-refractivity contribution in [2.75, 3.05) is 0 Å². The molecule has 0 fully saturated rings. The Labute approximate surface area is 154 Å². The number of carbonyl (C=O) groups is 1. The van der Waals surface area contributed by atoms with Crippen LogP contribution in [-0.2, 0) is 14.9 Å². The number of allylic oxidation sites excluding steroid dienone is 4. The minimum absolute atomic E-state index is 0.295. The molecule has 0 aliphatic heterocycles. The van der Waals surface area contributed by atoms with Gasteiger partial charge < -0.3 is 15.3 Å². The number of hydrogen-bond acceptors (Lipinski definition) is 6. The van der Waals surface area contributed by atoms with Crippen LogP contribution in [-0.4, -0.2) is 34.1 Å². The summed E-state index contributed by atoms with van der Waals surface area (Å²) in [6, 6.07) is 9.36. The topological polar surface area (TPSA) is 132 Å². The maximum Gasteiger partial charge on any atom is 0.294 e. The predicted octanol–water partition coefficient (Wildman–Crippen LogP) is 2.73. The quantitative estimate of drug-likeness (QED) is 0.471. The van der Waals surface area contributed by atoms with Crippen LogP contribution in [0, 0.1) is 0 Å². The molecule has 4 N–H and O–H groups in total. The van der Waals surface area contributed by atoms with E-state index in [0.29, 0.717) is 22.3 Å². The van der Waals surface area contributed by atoms with Crippen LogP contribution in [0.4, 0.5) is 0 Å². The summed E-state index contributed by atoms with van der Waals surface area (Å²) in [7, 11) is -4.36. The highest BCUT2D eigenvalue weighted by Crippen LogP contribution is 2.35. The van der Waals surface area contributed by atoms with Crippen molar-refractivity contribution in [3.63, 3.8) is 0 Å². The SMILES string of the molecule is O=C1C=C/C(=C(\c2ccc(S(=O)(=O)O)cc2)c2ccc(O)c(O)c2)C=C1O. The average Bonchev–Trinajstić information content (AvgIpc) is 2.61. The molecule has 27 heavy (non-hydrogen) atoms. The standard InChI is InChI=1S/C19H14O7S/c20-15-7-3-12(9-17(15)22)19(13-4-8-16(21)18(23)10-13)11-1-5-14(6-2-11)27(24,25)26/h1-10,20,22-23H,(H,24,25,26)/b19-13-. The number of aliphatic hydroxyl groups is 1. The summed E-state index contributed by atoms with van der Waals surface area (Å²) in [6.07, 6.45) is 3.90. The number of hydrogen-bond donors (Lipinski definition) is 4. The maximum absolute atomic E-state index is 11.5. The molecule has 0 heterocycles. The lowest BCUT2D eigenvalue weighted by atomic mass is 9.90. The third kappa shape index (κ3) is 3.76. The van der Waals surface area contributed by atoms with Crippen LogP contribution in [0.25, 0.3) is 5.57 Å². The lowest BCUT2D eigenvalue weighted by Crippen LogP contribution is -2.04. The van der Waals surface area contributed by atoms with E-state index in [0.717, 1.165) is 0 Å². The van der Waals surface area contributed by atoms with Crippen LogP contribution in [0.3, 0.4) is 0 Å². The van der Waals surface area contributed by atoms with Crippen molar-refractivity contribution in [2.24, 2.45) is 0 Å². The molecule has 0 amide bonds. The smallest absolute Gasteiger partial charge is 0.294 e. The first-order valence-corrected chi connectivity index (χ1v) is 9.08. The van der Waals surface area contributed by atoms with Crippen molar-refractivity contribution < 1.29 is 33.1 Å². The molecule has 0 aromatic heterocycles. The molecule has 0 bridgehead atoms. The Morgan fingerprint density at radius 3 is 2.00 bits per heavy atom. The number of phenols is 2. The number of aromatic hydroxyl groups is 2. The average molecular weight is 386 g/mol. The van der Waals surface area contributed by atoms with Crippen molar-refractivity contribution in [3.8, 4) is 11.5 Å². The summed E-state index contributed by atoms with van der Waals surface area (Å²) < 4.78 is 31.6. The fraction of sp³-hybridized carbons (Fsp3) is 0. The zero-order valence-corrected chi connectivity index (χ0v) is 14.5. The highest BCUT2D eigenvalue weighted by molar-refractivity contribution is 7.85. The highest BCUT2D eigenvalue weighted by Gasteiger charge is 2.17. The van der Waals surface area contributed by atoms with Crippen molar-refractivity contribution >= 4 is 21.5 Å². The Kier molecular flexibility index (Phi) is 4.61. The summed E-state index contributed by atoms with van der Waals surface area (Å²) in [5, 5.41) is 29.1. The first-order valence-electron chi connectivity index (χ1n) is 7.64. The molecule has 1 aliphatic carbocycles. The van der Waals surface area contributed by atoms with Gasteiger partial charge >= 0.3 is 0 Å². The second kappa shape index (κ2) is 6.75. The monoisotopic (exact) mass is 386 g/mol. The second-order valence-electron chi connectivity index (χ2n) is 5.76. The largest absolute Gasteiger partial charge is 0.504 e. The first-order chi connectivity index (χ1) is 12.7. The van der Waals surface area contributed by atoms with Gasteiger partial charge in [0.25, 0.3) is 10.1 Å². The second-order valence-corrected chi connectivity index (χ2v) is 7.18. The van der Waals surface area contributed by atoms with Gasteiger partial charge in [-0.05, 0) is 58.7 Å². The van der Waals surface area contributed by atoms with E-state index in [4.69, 9.17) is 4.55 Å². The van der Waals surface area contributed by atoms with E-state index in [-0.39, 0.29) is 16.4 Å². The Hall–Kier alpha value is -3.36. The summed E-state index contributed by atoms with van der Waals surface area (Å²) in [5.74, 6) is -1.72. The van der Waals surface area contributed by atoms with Gasteiger partial charge in [0.2, 0.25) is 5.78 Å². The molecule has 2 aromatic rings. The molecule has 0 unspecified atom stereocenters. The predicted molar refractivity (Wildman–Crippen MR) is 96.9 cm³/mol. The minimum Gasteiger partial charge on any atom is -0.504 e. The lowest BCUT2D eigenvalue weighted by Gasteiger charge is -2.15. The summed E-state index contributed by atoms with van der Waals surface area (Å²) in [6.45, 7) is 0. The van der Waals surface area contributed by atoms with Gasteiger partial charge in [-0.1, -0.05) is 24.3 Å². The van der Waals surface area contributed by atoms with Crippen LogP contribution < -0.4 is 0 Å². The summed E-state index contributed by atoms with van der Waals surface area (Å²) in [4.78, 5) is 11.2. The molecule has 0 atom stereocenters. The number of benzene rings is 2. The summed E-state index contributed by atoms with van der Waals surface area (Å²) >= 11 is 0. The molecule has 0 spiro atoms. The molecule has 3 rings (SSSR count). The molecular formula is C19H14O7S. The number of aliphatic hydroxyl groups excluding tert-OH is 1. The molecular weight excluding hydrogens is 372 g/mol. The number of phenolic OH excluding ortho intramolecular Hbond substituents is 2. The molecule has 0 radical (unpaired) electrons. The van der Waals surface area contributed by atoms with Crippen LogP contribution in [0.1, 0.15) is 11.1 Å². The number of ketones is 1. The number of carbonyl (C=O) groups excluding carboxylic acids is 1. The summed E-state index contributed by atoms with van der Waals surface area (Å²) in [5.41, 5.74) is 1.83. The molecule has 0 saturated heterocycles. The van der Waals surface area contributed by atoms with E-state index >= 15 is 0 Å². The maximum atomic E-state index is 11.5. The molecule has 1 aliphatic rings. The molecule has 8 heteroatoms. The third-order valence-corrected chi connectivity index (χ3v) is 4.82. The van der Waals surface area contributed by atoms with Gasteiger partial charge in [-0.3, -0.25) is 9.35 Å². The fourth-order valence-electron chi connectivity index (χ4n) is 2.65. The Bertz CT molecular complexity index is 1120. The zero-order chi connectivity index (χ0) is 19.8. The fourth-order valence-corrected chi connectivity index (χ4v) is 3.13. The first kappa shape index (κ1) is 18.4. The Morgan fingerprint density at radius 2 is 1.44 bits per heavy atom. The molecule has 2 aromatic carbocycles. The molecule has 0 saturated carbocycles. The zero-order valence-electron chi connectivity index (χ0n) is 13.7. The molecule has 7 nitrogen and oxygen atoms in total. The third-order valence-electron chi connectivity index (χ3n) is 3.95. The van der Waals surface area contributed by atoms with Gasteiger partial charge in [0.1, 0.15) is 0 Å². The van der Waals surface area contributed by atoms with Crippen LogP contribution in [0.2, 0.25) is 0 Å². The van der Waals surface area contributed by atoms with E-state index in [1.165, 1.54) is 60.7 Å². The van der Waals surface area contributed by atoms with Crippen LogP contribution in [0.15, 0.2) is 76.9 Å². The van der Waals surface area contributed by atoms with Crippen LogP contribution in [0.5, 0.6) is 11.5 Å².